The van der Waals surface area contributed by atoms with Gasteiger partial charge in [0.15, 0.2) is 0 Å². The van der Waals surface area contributed by atoms with Gasteiger partial charge in [-0.25, -0.2) is 4.98 Å². The number of thioether (sulfide) groups is 1. The Bertz CT molecular complexity index is 310. The largest absolute Gasteiger partial charge is 0.417 e. The lowest BCUT2D eigenvalue weighted by Gasteiger charge is -2.09. The van der Waals surface area contributed by atoms with E-state index in [1.807, 2.05) is 6.92 Å². The topological polar surface area (TPSA) is 38.9 Å². The van der Waals surface area contributed by atoms with Crippen molar-refractivity contribution in [2.45, 2.75) is 23.4 Å². The van der Waals surface area contributed by atoms with Gasteiger partial charge in [0.05, 0.1) is 10.6 Å². The average Bonchev–Trinajstić information content (AvgIpc) is 2.17. The van der Waals surface area contributed by atoms with E-state index in [2.05, 4.69) is 4.98 Å². The summed E-state index contributed by atoms with van der Waals surface area (Å²) in [6.07, 6.45) is -3.48. The number of alkyl halides is 3. The third-order valence-electron chi connectivity index (χ3n) is 1.72. The molecule has 1 atom stereocenters. The highest BCUT2D eigenvalue weighted by atomic mass is 32.2. The van der Waals surface area contributed by atoms with Crippen molar-refractivity contribution in [1.82, 2.24) is 4.98 Å². The first-order valence-corrected chi connectivity index (χ1v) is 5.21. The summed E-state index contributed by atoms with van der Waals surface area (Å²) in [4.78, 5) is 3.72. The SMILES string of the molecule is CC(CN)Sc1ccc(C(F)(F)F)cn1. The maximum Gasteiger partial charge on any atom is 0.417 e. The molecule has 1 unspecified atom stereocenters. The van der Waals surface area contributed by atoms with Crippen molar-refractivity contribution in [1.29, 1.82) is 0 Å². The Balaban J connectivity index is 2.73. The van der Waals surface area contributed by atoms with Crippen LogP contribution in [0, 0.1) is 0 Å². The van der Waals surface area contributed by atoms with E-state index >= 15 is 0 Å². The van der Waals surface area contributed by atoms with Crippen LogP contribution in [0.1, 0.15) is 12.5 Å². The molecular weight excluding hydrogens is 225 g/mol. The molecular formula is C9H11F3N2S. The fraction of sp³-hybridized carbons (Fsp3) is 0.444. The van der Waals surface area contributed by atoms with Crippen molar-refractivity contribution >= 4 is 11.8 Å². The molecule has 1 aromatic heterocycles. The second kappa shape index (κ2) is 4.85. The van der Waals surface area contributed by atoms with Gasteiger partial charge in [0, 0.05) is 18.0 Å². The molecule has 0 aliphatic heterocycles. The van der Waals surface area contributed by atoms with Gasteiger partial charge < -0.3 is 5.73 Å². The van der Waals surface area contributed by atoms with Crippen molar-refractivity contribution in [2.75, 3.05) is 6.54 Å². The number of pyridine rings is 1. The van der Waals surface area contributed by atoms with E-state index in [9.17, 15) is 13.2 Å². The van der Waals surface area contributed by atoms with Gasteiger partial charge in [-0.15, -0.1) is 11.8 Å². The molecule has 0 aliphatic rings. The molecule has 2 nitrogen and oxygen atoms in total. The van der Waals surface area contributed by atoms with Crippen LogP contribution in [0.2, 0.25) is 0 Å². The lowest BCUT2D eigenvalue weighted by Crippen LogP contribution is -2.12. The van der Waals surface area contributed by atoms with Gasteiger partial charge in [-0.05, 0) is 12.1 Å². The molecule has 0 saturated carbocycles. The lowest BCUT2D eigenvalue weighted by atomic mass is 10.3. The molecule has 0 bridgehead atoms. The molecule has 2 N–H and O–H groups in total. The molecule has 0 aromatic carbocycles. The molecule has 0 amide bonds. The van der Waals surface area contributed by atoms with Crippen molar-refractivity contribution in [3.63, 3.8) is 0 Å². The summed E-state index contributed by atoms with van der Waals surface area (Å²) in [5.74, 6) is 0. The van der Waals surface area contributed by atoms with Crippen LogP contribution in [0.3, 0.4) is 0 Å². The van der Waals surface area contributed by atoms with Crippen molar-refractivity contribution in [2.24, 2.45) is 5.73 Å². The lowest BCUT2D eigenvalue weighted by molar-refractivity contribution is -0.137. The second-order valence-electron chi connectivity index (χ2n) is 3.05. The first-order chi connectivity index (χ1) is 6.93. The summed E-state index contributed by atoms with van der Waals surface area (Å²) >= 11 is 1.36. The first-order valence-electron chi connectivity index (χ1n) is 4.33. The van der Waals surface area contributed by atoms with Crippen molar-refractivity contribution in [3.05, 3.63) is 23.9 Å². The maximum atomic E-state index is 12.2. The minimum absolute atomic E-state index is 0.147. The highest BCUT2D eigenvalue weighted by Crippen LogP contribution is 2.30. The fourth-order valence-electron chi connectivity index (χ4n) is 0.872. The molecule has 1 rings (SSSR count). The number of nitrogens with zero attached hydrogens (tertiary/aromatic N) is 1. The summed E-state index contributed by atoms with van der Waals surface area (Å²) < 4.78 is 36.5. The Morgan fingerprint density at radius 2 is 2.13 bits per heavy atom. The van der Waals surface area contributed by atoms with Crippen LogP contribution in [-0.4, -0.2) is 16.8 Å². The molecule has 0 spiro atoms. The summed E-state index contributed by atoms with van der Waals surface area (Å²) in [5, 5.41) is 0.704. The van der Waals surface area contributed by atoms with Gasteiger partial charge in [-0.3, -0.25) is 0 Å². The predicted octanol–water partition coefficient (Wildman–Crippen LogP) is 2.54. The number of rotatable bonds is 3. The minimum Gasteiger partial charge on any atom is -0.329 e. The first kappa shape index (κ1) is 12.3. The number of aromatic nitrogens is 1. The molecule has 15 heavy (non-hydrogen) atoms. The van der Waals surface area contributed by atoms with Gasteiger partial charge in [-0.1, -0.05) is 6.92 Å². The van der Waals surface area contributed by atoms with Crippen LogP contribution < -0.4 is 5.73 Å². The van der Waals surface area contributed by atoms with Crippen LogP contribution >= 0.6 is 11.8 Å². The molecule has 84 valence electrons. The Hall–Kier alpha value is -0.750. The number of nitrogens with two attached hydrogens (primary N) is 1. The van der Waals surface area contributed by atoms with E-state index in [1.165, 1.54) is 17.8 Å². The smallest absolute Gasteiger partial charge is 0.329 e. The van der Waals surface area contributed by atoms with Crippen LogP contribution in [-0.2, 0) is 6.18 Å². The van der Waals surface area contributed by atoms with Crippen LogP contribution in [0.25, 0.3) is 0 Å². The van der Waals surface area contributed by atoms with E-state index in [0.717, 1.165) is 12.3 Å². The third-order valence-corrected chi connectivity index (χ3v) is 2.80. The fourth-order valence-corrected chi connectivity index (χ4v) is 1.64. The maximum absolute atomic E-state index is 12.2. The molecule has 0 saturated heterocycles. The molecule has 0 radical (unpaired) electrons. The van der Waals surface area contributed by atoms with Crippen LogP contribution in [0.4, 0.5) is 13.2 Å². The highest BCUT2D eigenvalue weighted by Gasteiger charge is 2.30. The number of halogens is 3. The normalized spacial score (nSPS) is 13.9. The van der Waals surface area contributed by atoms with E-state index in [4.69, 9.17) is 5.73 Å². The number of hydrogen-bond donors (Lipinski definition) is 1. The van der Waals surface area contributed by atoms with Gasteiger partial charge in [0.1, 0.15) is 0 Å². The zero-order chi connectivity index (χ0) is 11.5. The number of hydrogen-bond acceptors (Lipinski definition) is 3. The Labute approximate surface area is 90.1 Å². The standard InChI is InChI=1S/C9H11F3N2S/c1-6(4-13)15-8-3-2-7(5-14-8)9(10,11)12/h2-3,5-6H,4,13H2,1H3. The summed E-state index contributed by atoms with van der Waals surface area (Å²) in [5.41, 5.74) is 4.66. The quantitative estimate of drug-likeness (QED) is 0.820. The molecule has 0 aliphatic carbocycles. The van der Waals surface area contributed by atoms with Gasteiger partial charge in [0.25, 0.3) is 0 Å². The summed E-state index contributed by atoms with van der Waals surface area (Å²) in [6.45, 7) is 2.36. The predicted molar refractivity (Wildman–Crippen MR) is 53.6 cm³/mol. The van der Waals surface area contributed by atoms with Gasteiger partial charge >= 0.3 is 6.18 Å². The van der Waals surface area contributed by atoms with E-state index < -0.39 is 11.7 Å². The van der Waals surface area contributed by atoms with Crippen molar-refractivity contribution < 1.29 is 13.2 Å². The monoisotopic (exact) mass is 236 g/mol. The average molecular weight is 236 g/mol. The van der Waals surface area contributed by atoms with E-state index in [1.54, 1.807) is 0 Å². The van der Waals surface area contributed by atoms with Gasteiger partial charge in [0.2, 0.25) is 0 Å². The van der Waals surface area contributed by atoms with Crippen LogP contribution in [0.5, 0.6) is 0 Å². The molecule has 6 heteroatoms. The molecule has 0 fully saturated rings. The zero-order valence-electron chi connectivity index (χ0n) is 8.08. The summed E-state index contributed by atoms with van der Waals surface area (Å²) in [6, 6.07) is 2.39. The molecule has 1 heterocycles. The zero-order valence-corrected chi connectivity index (χ0v) is 8.90. The van der Waals surface area contributed by atoms with Crippen LogP contribution in [0.15, 0.2) is 23.4 Å². The minimum atomic E-state index is -4.32. The Morgan fingerprint density at radius 1 is 1.47 bits per heavy atom. The third kappa shape index (κ3) is 3.71. The van der Waals surface area contributed by atoms with Gasteiger partial charge in [-0.2, -0.15) is 13.2 Å². The summed E-state index contributed by atoms with van der Waals surface area (Å²) in [7, 11) is 0. The Morgan fingerprint density at radius 3 is 2.53 bits per heavy atom. The highest BCUT2D eigenvalue weighted by molar-refractivity contribution is 7.99. The van der Waals surface area contributed by atoms with E-state index in [-0.39, 0.29) is 5.25 Å². The van der Waals surface area contributed by atoms with Crippen molar-refractivity contribution in [3.8, 4) is 0 Å². The van der Waals surface area contributed by atoms with E-state index in [0.29, 0.717) is 11.6 Å². The molecule has 1 aromatic rings. The second-order valence-corrected chi connectivity index (χ2v) is 4.51. The Kier molecular flexibility index (Phi) is 3.98.